The molecule has 2 rings (SSSR count). The molecule has 2 aromatic rings. The van der Waals surface area contributed by atoms with E-state index in [-0.39, 0.29) is 16.6 Å². The van der Waals surface area contributed by atoms with E-state index >= 15 is 0 Å². The van der Waals surface area contributed by atoms with Gasteiger partial charge in [-0.2, -0.15) is 0 Å². The standard InChI is InChI=1S/C10H9NO5S/c1-2-3-7(12)16-11-8-6(4-5-17-8)9(13)15-10(11)14/h4-5H,2-3H2,1H3. The maximum Gasteiger partial charge on any atom is 0.457 e. The van der Waals surface area contributed by atoms with Crippen molar-refractivity contribution < 1.29 is 14.0 Å². The van der Waals surface area contributed by atoms with Crippen LogP contribution >= 0.6 is 11.3 Å². The summed E-state index contributed by atoms with van der Waals surface area (Å²) in [4.78, 5) is 39.2. The second-order valence-corrected chi connectivity index (χ2v) is 4.20. The number of nitrogens with zero attached hydrogens (tertiary/aromatic N) is 1. The van der Waals surface area contributed by atoms with Gasteiger partial charge in [0.15, 0.2) is 4.83 Å². The van der Waals surface area contributed by atoms with Gasteiger partial charge in [-0.15, -0.1) is 11.3 Å². The second kappa shape index (κ2) is 4.54. The highest BCUT2D eigenvalue weighted by atomic mass is 32.1. The molecular formula is C10H9NO5S. The van der Waals surface area contributed by atoms with Crippen molar-refractivity contribution in [3.63, 3.8) is 0 Å². The van der Waals surface area contributed by atoms with Crippen LogP contribution in [-0.2, 0) is 4.79 Å². The number of rotatable bonds is 3. The predicted molar refractivity (Wildman–Crippen MR) is 61.1 cm³/mol. The molecule has 0 spiro atoms. The molecule has 6 nitrogen and oxygen atoms in total. The van der Waals surface area contributed by atoms with Gasteiger partial charge >= 0.3 is 17.4 Å². The minimum Gasteiger partial charge on any atom is -0.370 e. The van der Waals surface area contributed by atoms with Crippen LogP contribution < -0.4 is 16.2 Å². The third kappa shape index (κ3) is 2.14. The zero-order valence-electron chi connectivity index (χ0n) is 8.97. The lowest BCUT2D eigenvalue weighted by atomic mass is 10.3. The van der Waals surface area contributed by atoms with Crippen LogP contribution in [0.5, 0.6) is 0 Å². The van der Waals surface area contributed by atoms with Crippen molar-refractivity contribution in [2.24, 2.45) is 0 Å². The lowest BCUT2D eigenvalue weighted by molar-refractivity contribution is -0.144. The van der Waals surface area contributed by atoms with E-state index in [4.69, 9.17) is 4.84 Å². The summed E-state index contributed by atoms with van der Waals surface area (Å²) in [6.07, 6.45) is 0.802. The van der Waals surface area contributed by atoms with Gasteiger partial charge in [0, 0.05) is 6.42 Å². The van der Waals surface area contributed by atoms with Crippen molar-refractivity contribution >= 4 is 27.5 Å². The summed E-state index contributed by atoms with van der Waals surface area (Å²) in [6.45, 7) is 1.82. The van der Waals surface area contributed by atoms with Crippen molar-refractivity contribution in [1.29, 1.82) is 0 Å². The van der Waals surface area contributed by atoms with E-state index in [1.54, 1.807) is 5.38 Å². The van der Waals surface area contributed by atoms with Crippen molar-refractivity contribution in [2.45, 2.75) is 19.8 Å². The van der Waals surface area contributed by atoms with Gasteiger partial charge < -0.3 is 9.25 Å². The quantitative estimate of drug-likeness (QED) is 0.809. The summed E-state index contributed by atoms with van der Waals surface area (Å²) >= 11 is 1.13. The Bertz CT molecular complexity index is 665. The first-order chi connectivity index (χ1) is 8.13. The van der Waals surface area contributed by atoms with Crippen LogP contribution in [-0.4, -0.2) is 10.7 Å². The monoisotopic (exact) mass is 255 g/mol. The summed E-state index contributed by atoms with van der Waals surface area (Å²) in [5.74, 6) is -1.53. The Morgan fingerprint density at radius 1 is 1.53 bits per heavy atom. The van der Waals surface area contributed by atoms with Crippen LogP contribution in [0.25, 0.3) is 10.2 Å². The van der Waals surface area contributed by atoms with Crippen molar-refractivity contribution in [2.75, 3.05) is 0 Å². The molecule has 0 unspecified atom stereocenters. The highest BCUT2D eigenvalue weighted by Crippen LogP contribution is 2.14. The smallest absolute Gasteiger partial charge is 0.370 e. The molecule has 7 heteroatoms. The SMILES string of the molecule is CCCC(=O)On1c(=O)oc(=O)c2ccsc21. The zero-order valence-corrected chi connectivity index (χ0v) is 9.78. The highest BCUT2D eigenvalue weighted by Gasteiger charge is 2.14. The van der Waals surface area contributed by atoms with E-state index in [9.17, 15) is 14.4 Å². The molecule has 0 aliphatic carbocycles. The summed E-state index contributed by atoms with van der Waals surface area (Å²) < 4.78 is 5.16. The van der Waals surface area contributed by atoms with Crippen LogP contribution in [0.3, 0.4) is 0 Å². The number of carbonyl (C=O) groups is 1. The lowest BCUT2D eigenvalue weighted by Gasteiger charge is -2.04. The van der Waals surface area contributed by atoms with Crippen molar-refractivity contribution in [1.82, 2.24) is 4.73 Å². The van der Waals surface area contributed by atoms with E-state index < -0.39 is 17.4 Å². The van der Waals surface area contributed by atoms with E-state index in [1.165, 1.54) is 6.07 Å². The average Bonchev–Trinajstić information content (AvgIpc) is 2.73. The first-order valence-corrected chi connectivity index (χ1v) is 5.86. The molecule has 0 N–H and O–H groups in total. The number of aromatic nitrogens is 1. The van der Waals surface area contributed by atoms with Crippen molar-refractivity contribution in [3.8, 4) is 0 Å². The van der Waals surface area contributed by atoms with Gasteiger partial charge in [-0.1, -0.05) is 11.7 Å². The van der Waals surface area contributed by atoms with E-state index in [1.807, 2.05) is 6.92 Å². The van der Waals surface area contributed by atoms with E-state index in [2.05, 4.69) is 4.42 Å². The topological polar surface area (TPSA) is 78.5 Å². The first kappa shape index (κ1) is 11.6. The molecule has 0 aliphatic rings. The summed E-state index contributed by atoms with van der Waals surface area (Å²) in [5, 5.41) is 1.84. The van der Waals surface area contributed by atoms with Crippen LogP contribution in [0.2, 0.25) is 0 Å². The molecule has 0 bridgehead atoms. The number of hydrogen-bond donors (Lipinski definition) is 0. The third-order valence-electron chi connectivity index (χ3n) is 2.04. The summed E-state index contributed by atoms with van der Waals surface area (Å²) in [5.41, 5.74) is -0.728. The van der Waals surface area contributed by atoms with Crippen LogP contribution in [0, 0.1) is 0 Å². The molecule has 0 atom stereocenters. The Labute approximate surface area is 99.0 Å². The number of fused-ring (bicyclic) bond motifs is 1. The number of carbonyl (C=O) groups excluding carboxylic acids is 1. The van der Waals surface area contributed by atoms with Gasteiger partial charge in [0.25, 0.3) is 0 Å². The van der Waals surface area contributed by atoms with Crippen LogP contribution in [0.4, 0.5) is 0 Å². The van der Waals surface area contributed by atoms with Crippen LogP contribution in [0.15, 0.2) is 25.5 Å². The molecule has 2 heterocycles. The predicted octanol–water partition coefficient (Wildman–Crippen LogP) is 0.771. The second-order valence-electron chi connectivity index (χ2n) is 3.30. The molecule has 90 valence electrons. The number of hydrogen-bond acceptors (Lipinski definition) is 6. The third-order valence-corrected chi connectivity index (χ3v) is 2.92. The molecule has 0 aliphatic heterocycles. The van der Waals surface area contributed by atoms with Gasteiger partial charge in [-0.3, -0.25) is 0 Å². The largest absolute Gasteiger partial charge is 0.457 e. The highest BCUT2D eigenvalue weighted by molar-refractivity contribution is 7.16. The van der Waals surface area contributed by atoms with Gasteiger partial charge in [-0.25, -0.2) is 14.4 Å². The maximum atomic E-state index is 11.4. The Morgan fingerprint density at radius 3 is 3.00 bits per heavy atom. The molecule has 0 saturated heterocycles. The molecule has 17 heavy (non-hydrogen) atoms. The van der Waals surface area contributed by atoms with Crippen LogP contribution in [0.1, 0.15) is 19.8 Å². The minimum atomic E-state index is -0.991. The maximum absolute atomic E-state index is 11.4. The molecular weight excluding hydrogens is 246 g/mol. The Hall–Kier alpha value is -1.89. The molecule has 2 aromatic heterocycles. The van der Waals surface area contributed by atoms with E-state index in [0.29, 0.717) is 6.42 Å². The fraction of sp³-hybridized carbons (Fsp3) is 0.300. The summed E-state index contributed by atoms with van der Waals surface area (Å²) in [7, 11) is 0. The van der Waals surface area contributed by atoms with E-state index in [0.717, 1.165) is 16.1 Å². The zero-order chi connectivity index (χ0) is 12.4. The molecule has 0 amide bonds. The van der Waals surface area contributed by atoms with Gasteiger partial charge in [-0.05, 0) is 17.9 Å². The Morgan fingerprint density at radius 2 is 2.29 bits per heavy atom. The Balaban J connectivity index is 2.53. The van der Waals surface area contributed by atoms with Crippen molar-refractivity contribution in [3.05, 3.63) is 32.4 Å². The number of thiophene rings is 1. The normalized spacial score (nSPS) is 10.6. The fourth-order valence-corrected chi connectivity index (χ4v) is 2.12. The molecule has 0 radical (unpaired) electrons. The first-order valence-electron chi connectivity index (χ1n) is 4.98. The lowest BCUT2D eigenvalue weighted by Crippen LogP contribution is -2.32. The molecule has 0 saturated carbocycles. The summed E-state index contributed by atoms with van der Waals surface area (Å²) in [6, 6.07) is 1.51. The average molecular weight is 255 g/mol. The Kier molecular flexibility index (Phi) is 3.10. The minimum absolute atomic E-state index is 0.193. The fourth-order valence-electron chi connectivity index (χ4n) is 1.30. The molecule has 0 fully saturated rings. The van der Waals surface area contributed by atoms with Gasteiger partial charge in [0.05, 0.1) is 5.39 Å². The van der Waals surface area contributed by atoms with Gasteiger partial charge in [0.2, 0.25) is 0 Å². The van der Waals surface area contributed by atoms with Gasteiger partial charge in [0.1, 0.15) is 0 Å². The molecule has 0 aromatic carbocycles.